The van der Waals surface area contributed by atoms with Crippen molar-refractivity contribution < 1.29 is 0 Å². The van der Waals surface area contributed by atoms with Crippen LogP contribution in [0.3, 0.4) is 0 Å². The summed E-state index contributed by atoms with van der Waals surface area (Å²) in [6.45, 7) is 4.22. The van der Waals surface area contributed by atoms with E-state index in [1.807, 2.05) is 0 Å². The Morgan fingerprint density at radius 2 is 1.85 bits per heavy atom. The van der Waals surface area contributed by atoms with Gasteiger partial charge in [-0.15, -0.1) is 0 Å². The van der Waals surface area contributed by atoms with E-state index in [0.717, 1.165) is 25.9 Å². The lowest BCUT2D eigenvalue weighted by Crippen LogP contribution is -1.99. The lowest BCUT2D eigenvalue weighted by Gasteiger charge is -2.04. The Balaban J connectivity index is 2.09. The number of benzene rings is 1. The standard InChI is InChI=1S/C18H28N2/c1-2-3-4-9-14-20-15-16(10-7-8-13-19)17-11-5-6-12-18(17)20/h5-6,11-12,15H,2-4,7-10,13-14,19H2,1H3. The van der Waals surface area contributed by atoms with Crippen LogP contribution in [0, 0.1) is 0 Å². The van der Waals surface area contributed by atoms with Gasteiger partial charge in [0, 0.05) is 23.6 Å². The fourth-order valence-electron chi connectivity index (χ4n) is 2.88. The van der Waals surface area contributed by atoms with Crippen LogP contribution in [-0.4, -0.2) is 11.1 Å². The second-order valence-electron chi connectivity index (χ2n) is 5.67. The van der Waals surface area contributed by atoms with Crippen molar-refractivity contribution in [2.45, 2.75) is 58.4 Å². The first-order valence-corrected chi connectivity index (χ1v) is 8.13. The largest absolute Gasteiger partial charge is 0.347 e. The molecule has 0 unspecified atom stereocenters. The lowest BCUT2D eigenvalue weighted by molar-refractivity contribution is 0.592. The van der Waals surface area contributed by atoms with Crippen molar-refractivity contribution in [3.63, 3.8) is 0 Å². The summed E-state index contributed by atoms with van der Waals surface area (Å²) in [4.78, 5) is 0. The highest BCUT2D eigenvalue weighted by Crippen LogP contribution is 2.23. The number of aryl methyl sites for hydroxylation is 2. The molecule has 1 aromatic heterocycles. The molecule has 1 aromatic carbocycles. The summed E-state index contributed by atoms with van der Waals surface area (Å²) in [5, 5.41) is 1.43. The molecule has 0 aliphatic carbocycles. The average molecular weight is 272 g/mol. The Morgan fingerprint density at radius 1 is 1.00 bits per heavy atom. The number of para-hydroxylation sites is 1. The maximum atomic E-state index is 5.60. The van der Waals surface area contributed by atoms with E-state index in [2.05, 4.69) is 42.0 Å². The number of nitrogens with two attached hydrogens (primary N) is 1. The summed E-state index contributed by atoms with van der Waals surface area (Å²) in [6.07, 6.45) is 11.1. The molecule has 0 spiro atoms. The van der Waals surface area contributed by atoms with E-state index in [0.29, 0.717) is 0 Å². The predicted molar refractivity (Wildman–Crippen MR) is 88.1 cm³/mol. The predicted octanol–water partition coefficient (Wildman–Crippen LogP) is 4.50. The summed E-state index contributed by atoms with van der Waals surface area (Å²) in [5.41, 5.74) is 8.48. The number of hydrogen-bond donors (Lipinski definition) is 1. The second-order valence-corrected chi connectivity index (χ2v) is 5.67. The molecule has 0 saturated carbocycles. The zero-order chi connectivity index (χ0) is 14.2. The Kier molecular flexibility index (Phi) is 6.13. The normalized spacial score (nSPS) is 11.3. The van der Waals surface area contributed by atoms with E-state index in [9.17, 15) is 0 Å². The minimum absolute atomic E-state index is 0.801. The average Bonchev–Trinajstić information content (AvgIpc) is 2.83. The molecular weight excluding hydrogens is 244 g/mol. The van der Waals surface area contributed by atoms with Crippen molar-refractivity contribution in [3.8, 4) is 0 Å². The molecule has 2 nitrogen and oxygen atoms in total. The van der Waals surface area contributed by atoms with Gasteiger partial charge in [0.1, 0.15) is 0 Å². The SMILES string of the molecule is CCCCCCn1cc(CCCCN)c2ccccc21. The molecule has 0 aliphatic rings. The Morgan fingerprint density at radius 3 is 2.65 bits per heavy atom. The van der Waals surface area contributed by atoms with Crippen LogP contribution in [0.1, 0.15) is 51.0 Å². The minimum atomic E-state index is 0.801. The van der Waals surface area contributed by atoms with Gasteiger partial charge in [-0.25, -0.2) is 0 Å². The molecular formula is C18H28N2. The van der Waals surface area contributed by atoms with Gasteiger partial charge in [-0.1, -0.05) is 44.4 Å². The molecule has 1 heterocycles. The highest BCUT2D eigenvalue weighted by Gasteiger charge is 2.07. The van der Waals surface area contributed by atoms with Crippen molar-refractivity contribution in [2.75, 3.05) is 6.54 Å². The molecule has 0 fully saturated rings. The van der Waals surface area contributed by atoms with E-state index in [1.54, 1.807) is 0 Å². The van der Waals surface area contributed by atoms with Gasteiger partial charge in [0.15, 0.2) is 0 Å². The van der Waals surface area contributed by atoms with Crippen molar-refractivity contribution >= 4 is 10.9 Å². The molecule has 20 heavy (non-hydrogen) atoms. The van der Waals surface area contributed by atoms with Crippen LogP contribution in [0.2, 0.25) is 0 Å². The molecule has 2 heteroatoms. The van der Waals surface area contributed by atoms with E-state index in [-0.39, 0.29) is 0 Å². The van der Waals surface area contributed by atoms with Gasteiger partial charge in [0.2, 0.25) is 0 Å². The highest BCUT2D eigenvalue weighted by molar-refractivity contribution is 5.83. The van der Waals surface area contributed by atoms with Gasteiger partial charge in [-0.3, -0.25) is 0 Å². The quantitative estimate of drug-likeness (QED) is 0.669. The van der Waals surface area contributed by atoms with E-state index in [4.69, 9.17) is 5.73 Å². The van der Waals surface area contributed by atoms with Gasteiger partial charge >= 0.3 is 0 Å². The molecule has 2 aromatic rings. The second kappa shape index (κ2) is 8.11. The molecule has 0 bridgehead atoms. The van der Waals surface area contributed by atoms with Crippen LogP contribution in [0.15, 0.2) is 30.5 Å². The number of unbranched alkanes of at least 4 members (excludes halogenated alkanes) is 4. The van der Waals surface area contributed by atoms with Crippen molar-refractivity contribution in [1.29, 1.82) is 0 Å². The van der Waals surface area contributed by atoms with Crippen LogP contribution in [0.5, 0.6) is 0 Å². The van der Waals surface area contributed by atoms with Gasteiger partial charge in [-0.2, -0.15) is 0 Å². The Bertz CT molecular complexity index is 513. The number of rotatable bonds is 9. The summed E-state index contributed by atoms with van der Waals surface area (Å²) in [7, 11) is 0. The van der Waals surface area contributed by atoms with Crippen molar-refractivity contribution in [1.82, 2.24) is 4.57 Å². The summed E-state index contributed by atoms with van der Waals surface area (Å²) < 4.78 is 2.45. The van der Waals surface area contributed by atoms with E-state index in [1.165, 1.54) is 48.6 Å². The summed E-state index contributed by atoms with van der Waals surface area (Å²) in [5.74, 6) is 0. The van der Waals surface area contributed by atoms with Crippen LogP contribution >= 0.6 is 0 Å². The van der Waals surface area contributed by atoms with Gasteiger partial charge in [0.05, 0.1) is 0 Å². The van der Waals surface area contributed by atoms with Crippen molar-refractivity contribution in [3.05, 3.63) is 36.0 Å². The molecule has 2 rings (SSSR count). The van der Waals surface area contributed by atoms with E-state index < -0.39 is 0 Å². The molecule has 0 amide bonds. The third-order valence-corrected chi connectivity index (χ3v) is 4.02. The zero-order valence-electron chi connectivity index (χ0n) is 12.8. The molecule has 0 saturated heterocycles. The van der Waals surface area contributed by atoms with Gasteiger partial charge in [0.25, 0.3) is 0 Å². The van der Waals surface area contributed by atoms with Gasteiger partial charge < -0.3 is 10.3 Å². The summed E-state index contributed by atoms with van der Waals surface area (Å²) in [6, 6.07) is 8.81. The Hall–Kier alpha value is -1.28. The first-order chi connectivity index (χ1) is 9.86. The number of nitrogens with zero attached hydrogens (tertiary/aromatic N) is 1. The molecule has 110 valence electrons. The first-order valence-electron chi connectivity index (χ1n) is 8.13. The highest BCUT2D eigenvalue weighted by atomic mass is 15.0. The molecule has 2 N–H and O–H groups in total. The monoisotopic (exact) mass is 272 g/mol. The first kappa shape index (κ1) is 15.1. The smallest absolute Gasteiger partial charge is 0.0483 e. The number of aromatic nitrogens is 1. The topological polar surface area (TPSA) is 30.9 Å². The van der Waals surface area contributed by atoms with Crippen LogP contribution < -0.4 is 5.73 Å². The third kappa shape index (κ3) is 3.86. The molecule has 0 radical (unpaired) electrons. The summed E-state index contributed by atoms with van der Waals surface area (Å²) >= 11 is 0. The van der Waals surface area contributed by atoms with Crippen LogP contribution in [0.4, 0.5) is 0 Å². The lowest BCUT2D eigenvalue weighted by atomic mass is 10.1. The molecule has 0 atom stereocenters. The van der Waals surface area contributed by atoms with Crippen LogP contribution in [-0.2, 0) is 13.0 Å². The Labute approximate surface area is 123 Å². The fourth-order valence-corrected chi connectivity index (χ4v) is 2.88. The number of fused-ring (bicyclic) bond motifs is 1. The zero-order valence-corrected chi connectivity index (χ0v) is 12.8. The van der Waals surface area contributed by atoms with E-state index >= 15 is 0 Å². The van der Waals surface area contributed by atoms with Gasteiger partial charge in [-0.05, 0) is 43.9 Å². The maximum Gasteiger partial charge on any atom is 0.0483 e. The molecule has 0 aliphatic heterocycles. The minimum Gasteiger partial charge on any atom is -0.347 e. The number of hydrogen-bond acceptors (Lipinski definition) is 1. The maximum absolute atomic E-state index is 5.60. The third-order valence-electron chi connectivity index (χ3n) is 4.02. The van der Waals surface area contributed by atoms with Crippen LogP contribution in [0.25, 0.3) is 10.9 Å². The van der Waals surface area contributed by atoms with Crippen molar-refractivity contribution in [2.24, 2.45) is 5.73 Å². The fraction of sp³-hybridized carbons (Fsp3) is 0.556.